The highest BCUT2D eigenvalue weighted by molar-refractivity contribution is 9.10. The third-order valence-corrected chi connectivity index (χ3v) is 4.14. The maximum atomic E-state index is 11.9. The van der Waals surface area contributed by atoms with E-state index in [1.54, 1.807) is 0 Å². The molecular formula is C14H19BrClN3O2. The molecule has 21 heavy (non-hydrogen) atoms. The Morgan fingerprint density at radius 1 is 1.19 bits per heavy atom. The van der Waals surface area contributed by atoms with Crippen LogP contribution in [0, 0.1) is 0 Å². The minimum Gasteiger partial charge on any atom is -0.346 e. The lowest BCUT2D eigenvalue weighted by Gasteiger charge is -2.43. The average Bonchev–Trinajstić information content (AvgIpc) is 2.41. The summed E-state index contributed by atoms with van der Waals surface area (Å²) in [5, 5.41) is 5.52. The standard InChI is InChI=1S/C14H18BrN3O2.ClH/c15-11-4-2-10(3-5-11)14(6-1-7-14)18-13(20)9-17-12(19)8-16;/h2-5H,1,6-9,16H2,(H,17,19)(H,18,20);1H. The lowest BCUT2D eigenvalue weighted by Crippen LogP contribution is -2.53. The first-order valence-corrected chi connectivity index (χ1v) is 7.39. The molecule has 1 fully saturated rings. The molecule has 0 aliphatic heterocycles. The summed E-state index contributed by atoms with van der Waals surface area (Å²) >= 11 is 3.41. The van der Waals surface area contributed by atoms with E-state index in [-0.39, 0.29) is 42.8 Å². The van der Waals surface area contributed by atoms with Crippen LogP contribution < -0.4 is 16.4 Å². The van der Waals surface area contributed by atoms with Gasteiger partial charge in [0.1, 0.15) is 0 Å². The quantitative estimate of drug-likeness (QED) is 0.727. The zero-order valence-corrected chi connectivity index (χ0v) is 13.9. The molecule has 0 aromatic heterocycles. The number of carbonyl (C=O) groups is 2. The Hall–Kier alpha value is -1.11. The molecule has 0 atom stereocenters. The van der Waals surface area contributed by atoms with Gasteiger partial charge in [0.15, 0.2) is 0 Å². The fourth-order valence-electron chi connectivity index (χ4n) is 2.35. The first-order valence-electron chi connectivity index (χ1n) is 6.59. The maximum Gasteiger partial charge on any atom is 0.240 e. The lowest BCUT2D eigenvalue weighted by atomic mass is 9.72. The van der Waals surface area contributed by atoms with Crippen LogP contribution in [0.5, 0.6) is 0 Å². The Morgan fingerprint density at radius 3 is 2.29 bits per heavy atom. The lowest BCUT2D eigenvalue weighted by molar-refractivity contribution is -0.127. The monoisotopic (exact) mass is 375 g/mol. The number of carbonyl (C=O) groups excluding carboxylic acids is 2. The number of benzene rings is 1. The average molecular weight is 377 g/mol. The molecular weight excluding hydrogens is 358 g/mol. The van der Waals surface area contributed by atoms with Crippen molar-refractivity contribution in [2.45, 2.75) is 24.8 Å². The number of nitrogens with two attached hydrogens (primary N) is 1. The van der Waals surface area contributed by atoms with Crippen molar-refractivity contribution < 1.29 is 9.59 Å². The van der Waals surface area contributed by atoms with Crippen LogP contribution in [0.4, 0.5) is 0 Å². The number of halogens is 2. The van der Waals surface area contributed by atoms with Crippen LogP contribution in [0.2, 0.25) is 0 Å². The predicted molar refractivity (Wildman–Crippen MR) is 87.1 cm³/mol. The van der Waals surface area contributed by atoms with Crippen molar-refractivity contribution in [3.8, 4) is 0 Å². The molecule has 4 N–H and O–H groups in total. The first kappa shape index (κ1) is 17.9. The van der Waals surface area contributed by atoms with Crippen molar-refractivity contribution in [2.24, 2.45) is 5.73 Å². The molecule has 0 bridgehead atoms. The summed E-state index contributed by atoms with van der Waals surface area (Å²) in [5.74, 6) is -0.513. The molecule has 1 aliphatic rings. The number of rotatable bonds is 5. The molecule has 0 radical (unpaired) electrons. The van der Waals surface area contributed by atoms with Crippen molar-refractivity contribution in [3.05, 3.63) is 34.3 Å². The fraction of sp³-hybridized carbons (Fsp3) is 0.429. The molecule has 0 spiro atoms. The van der Waals surface area contributed by atoms with Gasteiger partial charge in [-0.3, -0.25) is 9.59 Å². The predicted octanol–water partition coefficient (Wildman–Crippen LogP) is 1.44. The van der Waals surface area contributed by atoms with Gasteiger partial charge in [-0.2, -0.15) is 0 Å². The van der Waals surface area contributed by atoms with Gasteiger partial charge >= 0.3 is 0 Å². The van der Waals surface area contributed by atoms with Gasteiger partial charge < -0.3 is 16.4 Å². The van der Waals surface area contributed by atoms with Gasteiger partial charge in [0.05, 0.1) is 18.6 Å². The summed E-state index contributed by atoms with van der Waals surface area (Å²) in [6.07, 6.45) is 2.93. The Labute approximate surface area is 138 Å². The highest BCUT2D eigenvalue weighted by Crippen LogP contribution is 2.41. The van der Waals surface area contributed by atoms with Gasteiger partial charge in [-0.05, 0) is 37.0 Å². The second-order valence-corrected chi connectivity index (χ2v) is 5.89. The van der Waals surface area contributed by atoms with Crippen LogP contribution >= 0.6 is 28.3 Å². The summed E-state index contributed by atoms with van der Waals surface area (Å²) < 4.78 is 1.01. The molecule has 0 saturated heterocycles. The van der Waals surface area contributed by atoms with E-state index in [0.29, 0.717) is 0 Å². The Balaban J connectivity index is 0.00000220. The molecule has 1 aromatic rings. The van der Waals surface area contributed by atoms with E-state index in [0.717, 1.165) is 29.3 Å². The highest BCUT2D eigenvalue weighted by atomic mass is 79.9. The SMILES string of the molecule is Cl.NCC(=O)NCC(=O)NC1(c2ccc(Br)cc2)CCC1. The second-order valence-electron chi connectivity index (χ2n) is 4.97. The summed E-state index contributed by atoms with van der Waals surface area (Å²) in [5.41, 5.74) is 6.00. The van der Waals surface area contributed by atoms with E-state index in [2.05, 4.69) is 26.6 Å². The Bertz CT molecular complexity index is 503. The molecule has 2 rings (SSSR count). The van der Waals surface area contributed by atoms with Gasteiger partial charge in [-0.25, -0.2) is 0 Å². The zero-order valence-electron chi connectivity index (χ0n) is 11.5. The highest BCUT2D eigenvalue weighted by Gasteiger charge is 2.39. The summed E-state index contributed by atoms with van der Waals surface area (Å²) in [6, 6.07) is 7.97. The van der Waals surface area contributed by atoms with E-state index in [1.807, 2.05) is 24.3 Å². The van der Waals surface area contributed by atoms with Crippen molar-refractivity contribution in [1.82, 2.24) is 10.6 Å². The van der Waals surface area contributed by atoms with Crippen LogP contribution in [0.25, 0.3) is 0 Å². The van der Waals surface area contributed by atoms with Crippen LogP contribution in [-0.2, 0) is 15.1 Å². The van der Waals surface area contributed by atoms with Crippen molar-refractivity contribution in [2.75, 3.05) is 13.1 Å². The Morgan fingerprint density at radius 2 is 1.81 bits per heavy atom. The topological polar surface area (TPSA) is 84.2 Å². The van der Waals surface area contributed by atoms with E-state index in [9.17, 15) is 9.59 Å². The minimum absolute atomic E-state index is 0. The molecule has 0 unspecified atom stereocenters. The van der Waals surface area contributed by atoms with Crippen LogP contribution in [0.3, 0.4) is 0 Å². The number of amides is 2. The molecule has 1 aliphatic carbocycles. The zero-order chi connectivity index (χ0) is 14.6. The number of nitrogens with one attached hydrogen (secondary N) is 2. The maximum absolute atomic E-state index is 11.9. The van der Waals surface area contributed by atoms with Crippen molar-refractivity contribution >= 4 is 40.2 Å². The normalized spacial score (nSPS) is 15.3. The summed E-state index contributed by atoms with van der Waals surface area (Å²) in [6.45, 7) is -0.139. The van der Waals surface area contributed by atoms with Gasteiger partial charge in [-0.1, -0.05) is 28.1 Å². The molecule has 0 heterocycles. The van der Waals surface area contributed by atoms with E-state index >= 15 is 0 Å². The van der Waals surface area contributed by atoms with Gasteiger partial charge in [0.25, 0.3) is 0 Å². The van der Waals surface area contributed by atoms with E-state index in [4.69, 9.17) is 5.73 Å². The van der Waals surface area contributed by atoms with Gasteiger partial charge in [-0.15, -0.1) is 12.4 Å². The molecule has 116 valence electrons. The number of hydrogen-bond acceptors (Lipinski definition) is 3. The van der Waals surface area contributed by atoms with Crippen molar-refractivity contribution in [1.29, 1.82) is 0 Å². The summed E-state index contributed by atoms with van der Waals surface area (Å²) in [4.78, 5) is 23.0. The smallest absolute Gasteiger partial charge is 0.240 e. The van der Waals surface area contributed by atoms with Crippen LogP contribution in [0.15, 0.2) is 28.7 Å². The fourth-order valence-corrected chi connectivity index (χ4v) is 2.61. The molecule has 1 aromatic carbocycles. The van der Waals surface area contributed by atoms with Crippen molar-refractivity contribution in [3.63, 3.8) is 0 Å². The number of hydrogen-bond donors (Lipinski definition) is 3. The Kier molecular flexibility index (Phi) is 6.64. The largest absolute Gasteiger partial charge is 0.346 e. The molecule has 1 saturated carbocycles. The van der Waals surface area contributed by atoms with Gasteiger partial charge in [0.2, 0.25) is 11.8 Å². The minimum atomic E-state index is -0.327. The molecule has 5 nitrogen and oxygen atoms in total. The van der Waals surface area contributed by atoms with Crippen LogP contribution in [0.1, 0.15) is 24.8 Å². The van der Waals surface area contributed by atoms with Crippen LogP contribution in [-0.4, -0.2) is 24.9 Å². The molecule has 2 amide bonds. The third kappa shape index (κ3) is 4.43. The van der Waals surface area contributed by atoms with E-state index in [1.165, 1.54) is 0 Å². The third-order valence-electron chi connectivity index (χ3n) is 3.61. The summed E-state index contributed by atoms with van der Waals surface area (Å²) in [7, 11) is 0. The van der Waals surface area contributed by atoms with E-state index < -0.39 is 0 Å². The molecule has 7 heteroatoms. The van der Waals surface area contributed by atoms with Gasteiger partial charge in [0, 0.05) is 4.47 Å². The first-order chi connectivity index (χ1) is 9.55. The second kappa shape index (κ2) is 7.77.